The quantitative estimate of drug-likeness (QED) is 0.938. The van der Waals surface area contributed by atoms with Gasteiger partial charge < -0.3 is 14.7 Å². The van der Waals surface area contributed by atoms with Crippen LogP contribution >= 0.6 is 0 Å². The second-order valence-corrected chi connectivity index (χ2v) is 5.99. The summed E-state index contributed by atoms with van der Waals surface area (Å²) < 4.78 is 5.66. The minimum atomic E-state index is -1.05. The number of hydrogen-bond acceptors (Lipinski definition) is 3. The van der Waals surface area contributed by atoms with Crippen LogP contribution in [-0.2, 0) is 9.59 Å². The van der Waals surface area contributed by atoms with Gasteiger partial charge in [-0.15, -0.1) is 0 Å². The van der Waals surface area contributed by atoms with Gasteiger partial charge in [0, 0.05) is 11.3 Å². The van der Waals surface area contributed by atoms with Gasteiger partial charge in [-0.25, -0.2) is 0 Å². The highest BCUT2D eigenvalue weighted by Crippen LogP contribution is 2.37. The fourth-order valence-corrected chi connectivity index (χ4v) is 2.90. The number of nitrogens with zero attached hydrogens (tertiary/aromatic N) is 1. The Balaban J connectivity index is 1.95. The molecule has 0 radical (unpaired) electrons. The molecule has 2 aromatic rings. The van der Waals surface area contributed by atoms with Crippen LogP contribution in [0.15, 0.2) is 42.5 Å². The van der Waals surface area contributed by atoms with E-state index in [0.29, 0.717) is 11.4 Å². The molecule has 24 heavy (non-hydrogen) atoms. The number of aliphatic carboxylic acids is 1. The van der Waals surface area contributed by atoms with E-state index in [4.69, 9.17) is 4.74 Å². The summed E-state index contributed by atoms with van der Waals surface area (Å²) in [5.74, 6) is -1.09. The molecule has 1 amide bonds. The van der Waals surface area contributed by atoms with Gasteiger partial charge in [0.05, 0.1) is 0 Å². The van der Waals surface area contributed by atoms with Crippen molar-refractivity contribution in [3.8, 4) is 5.75 Å². The molecular formula is C19H19NO4. The van der Waals surface area contributed by atoms with Crippen LogP contribution in [0, 0.1) is 13.8 Å². The van der Waals surface area contributed by atoms with Crippen LogP contribution in [0.2, 0.25) is 0 Å². The molecule has 1 aliphatic rings. The van der Waals surface area contributed by atoms with E-state index in [9.17, 15) is 14.7 Å². The highest BCUT2D eigenvalue weighted by molar-refractivity contribution is 6.02. The Morgan fingerprint density at radius 1 is 1.17 bits per heavy atom. The van der Waals surface area contributed by atoms with Gasteiger partial charge in [0.2, 0.25) is 5.91 Å². The number of benzene rings is 2. The largest absolute Gasteiger partial charge is 0.492 e. The fraction of sp³-hybridized carbons (Fsp3) is 0.263. The van der Waals surface area contributed by atoms with Crippen LogP contribution in [0.4, 0.5) is 5.69 Å². The van der Waals surface area contributed by atoms with Gasteiger partial charge in [-0.1, -0.05) is 24.3 Å². The standard InChI is InChI=1S/C19H19NO4/c1-12-8-15-16(11-24-17(15)9-13(12)2)19(23)20(10-18(21)22)14-6-4-3-5-7-14/h3-9,16H,10-11H2,1-2H3,(H,21,22). The molecule has 124 valence electrons. The van der Waals surface area contributed by atoms with Crippen molar-refractivity contribution in [2.75, 3.05) is 18.1 Å². The zero-order chi connectivity index (χ0) is 17.3. The van der Waals surface area contributed by atoms with Crippen molar-refractivity contribution in [1.29, 1.82) is 0 Å². The number of carbonyl (C=O) groups excluding carboxylic acids is 1. The lowest BCUT2D eigenvalue weighted by Gasteiger charge is -2.23. The van der Waals surface area contributed by atoms with E-state index in [-0.39, 0.29) is 19.1 Å². The topological polar surface area (TPSA) is 66.8 Å². The molecule has 0 aliphatic carbocycles. The van der Waals surface area contributed by atoms with E-state index >= 15 is 0 Å². The van der Waals surface area contributed by atoms with E-state index in [2.05, 4.69) is 0 Å². The number of hydrogen-bond donors (Lipinski definition) is 1. The second kappa shape index (κ2) is 6.35. The lowest BCUT2D eigenvalue weighted by Crippen LogP contribution is -2.39. The van der Waals surface area contributed by atoms with Crippen molar-refractivity contribution in [2.24, 2.45) is 0 Å². The van der Waals surface area contributed by atoms with Crippen LogP contribution in [0.3, 0.4) is 0 Å². The molecule has 1 heterocycles. The van der Waals surface area contributed by atoms with Gasteiger partial charge in [-0.05, 0) is 43.2 Å². The zero-order valence-corrected chi connectivity index (χ0v) is 13.7. The van der Waals surface area contributed by atoms with Crippen LogP contribution < -0.4 is 9.64 Å². The summed E-state index contributed by atoms with van der Waals surface area (Å²) in [7, 11) is 0. The molecule has 0 bridgehead atoms. The molecule has 0 fully saturated rings. The summed E-state index contributed by atoms with van der Waals surface area (Å²) in [5.41, 5.74) is 3.59. The van der Waals surface area contributed by atoms with E-state index in [1.54, 1.807) is 24.3 Å². The third-order valence-corrected chi connectivity index (χ3v) is 4.33. The molecule has 0 saturated heterocycles. The molecule has 0 saturated carbocycles. The summed E-state index contributed by atoms with van der Waals surface area (Å²) in [6.45, 7) is 3.84. The number of ether oxygens (including phenoxy) is 1. The van der Waals surface area contributed by atoms with Gasteiger partial charge in [-0.2, -0.15) is 0 Å². The van der Waals surface area contributed by atoms with Crippen molar-refractivity contribution in [1.82, 2.24) is 0 Å². The van der Waals surface area contributed by atoms with Crippen LogP contribution in [0.1, 0.15) is 22.6 Å². The Labute approximate surface area is 140 Å². The number of fused-ring (bicyclic) bond motifs is 1. The summed E-state index contributed by atoms with van der Waals surface area (Å²) in [5, 5.41) is 9.19. The molecule has 1 unspecified atom stereocenters. The smallest absolute Gasteiger partial charge is 0.323 e. The summed E-state index contributed by atoms with van der Waals surface area (Å²) in [4.78, 5) is 25.6. The predicted molar refractivity (Wildman–Crippen MR) is 90.6 cm³/mol. The number of carboxylic acids is 1. The Kier molecular flexibility index (Phi) is 4.25. The summed E-state index contributed by atoms with van der Waals surface area (Å²) >= 11 is 0. The predicted octanol–water partition coefficient (Wildman–Crippen LogP) is 2.90. The first kappa shape index (κ1) is 16.1. The van der Waals surface area contributed by atoms with Gasteiger partial charge >= 0.3 is 5.97 Å². The SMILES string of the molecule is Cc1cc2c(cc1C)C(C(=O)N(CC(=O)O)c1ccccc1)CO2. The van der Waals surface area contributed by atoms with E-state index in [1.165, 1.54) is 4.90 Å². The first-order valence-electron chi connectivity index (χ1n) is 7.79. The monoisotopic (exact) mass is 325 g/mol. The van der Waals surface area contributed by atoms with E-state index < -0.39 is 11.9 Å². The second-order valence-electron chi connectivity index (χ2n) is 5.99. The minimum Gasteiger partial charge on any atom is -0.492 e. The van der Waals surface area contributed by atoms with E-state index in [1.807, 2.05) is 32.0 Å². The normalized spacial score (nSPS) is 15.5. The average molecular weight is 325 g/mol. The maximum absolute atomic E-state index is 13.0. The first-order valence-corrected chi connectivity index (χ1v) is 7.79. The van der Waals surface area contributed by atoms with Gasteiger partial charge in [0.15, 0.2) is 0 Å². The average Bonchev–Trinajstić information content (AvgIpc) is 2.96. The fourth-order valence-electron chi connectivity index (χ4n) is 2.90. The molecule has 0 aromatic heterocycles. The summed E-state index contributed by atoms with van der Waals surface area (Å²) in [6.07, 6.45) is 0. The lowest BCUT2D eigenvalue weighted by molar-refractivity contribution is -0.136. The molecule has 1 aliphatic heterocycles. The first-order chi connectivity index (χ1) is 11.5. The molecular weight excluding hydrogens is 306 g/mol. The van der Waals surface area contributed by atoms with Gasteiger partial charge in [0.1, 0.15) is 24.8 Å². The third kappa shape index (κ3) is 2.97. The third-order valence-electron chi connectivity index (χ3n) is 4.33. The molecule has 5 heteroatoms. The van der Waals surface area contributed by atoms with Crippen molar-refractivity contribution < 1.29 is 19.4 Å². The lowest BCUT2D eigenvalue weighted by atomic mass is 9.95. The Morgan fingerprint density at radius 3 is 2.50 bits per heavy atom. The van der Waals surface area contributed by atoms with Crippen molar-refractivity contribution in [3.63, 3.8) is 0 Å². The number of amides is 1. The Morgan fingerprint density at radius 2 is 1.83 bits per heavy atom. The number of carboxylic acid groups (broad SMARTS) is 1. The molecule has 1 N–H and O–H groups in total. The van der Waals surface area contributed by atoms with Crippen molar-refractivity contribution in [2.45, 2.75) is 19.8 Å². The molecule has 3 rings (SSSR count). The number of anilines is 1. The van der Waals surface area contributed by atoms with Crippen LogP contribution in [0.25, 0.3) is 0 Å². The van der Waals surface area contributed by atoms with Crippen molar-refractivity contribution >= 4 is 17.6 Å². The Bertz CT molecular complexity index is 785. The van der Waals surface area contributed by atoms with Gasteiger partial charge in [0.25, 0.3) is 0 Å². The molecule has 2 aromatic carbocycles. The molecule has 1 atom stereocenters. The molecule has 5 nitrogen and oxygen atoms in total. The zero-order valence-electron chi connectivity index (χ0n) is 13.7. The minimum absolute atomic E-state index is 0.236. The van der Waals surface area contributed by atoms with Gasteiger partial charge in [-0.3, -0.25) is 9.59 Å². The number of carbonyl (C=O) groups is 2. The highest BCUT2D eigenvalue weighted by Gasteiger charge is 2.35. The van der Waals surface area contributed by atoms with Crippen LogP contribution in [0.5, 0.6) is 5.75 Å². The maximum atomic E-state index is 13.0. The summed E-state index contributed by atoms with van der Waals surface area (Å²) in [6, 6.07) is 12.8. The number of para-hydroxylation sites is 1. The van der Waals surface area contributed by atoms with Crippen molar-refractivity contribution in [3.05, 3.63) is 59.2 Å². The van der Waals surface area contributed by atoms with E-state index in [0.717, 1.165) is 16.7 Å². The molecule has 0 spiro atoms. The maximum Gasteiger partial charge on any atom is 0.323 e. The number of rotatable bonds is 4. The number of aryl methyl sites for hydroxylation is 2. The Hall–Kier alpha value is -2.82. The van der Waals surface area contributed by atoms with Crippen LogP contribution in [-0.4, -0.2) is 30.1 Å². The highest BCUT2D eigenvalue weighted by atomic mass is 16.5.